The van der Waals surface area contributed by atoms with Gasteiger partial charge in [-0.2, -0.15) is 0 Å². The van der Waals surface area contributed by atoms with E-state index >= 15 is 0 Å². The monoisotopic (exact) mass is 327 g/mol. The topological polar surface area (TPSA) is 47.5 Å². The SMILES string of the molecule is COc1ccc(CN2CCC(Oc3nc(C)cnc3C)CC2)cc1. The lowest BCUT2D eigenvalue weighted by molar-refractivity contribution is 0.0920. The summed E-state index contributed by atoms with van der Waals surface area (Å²) in [6, 6.07) is 8.30. The maximum atomic E-state index is 6.08. The smallest absolute Gasteiger partial charge is 0.235 e. The number of hydrogen-bond donors (Lipinski definition) is 0. The highest BCUT2D eigenvalue weighted by Gasteiger charge is 2.21. The molecule has 24 heavy (non-hydrogen) atoms. The predicted molar refractivity (Wildman–Crippen MR) is 93.4 cm³/mol. The summed E-state index contributed by atoms with van der Waals surface area (Å²) in [5.41, 5.74) is 3.07. The Labute approximate surface area is 143 Å². The van der Waals surface area contributed by atoms with Gasteiger partial charge in [-0.1, -0.05) is 12.1 Å². The quantitative estimate of drug-likeness (QED) is 0.844. The Bertz CT molecular complexity index is 665. The molecule has 1 aromatic heterocycles. The maximum Gasteiger partial charge on any atom is 0.235 e. The van der Waals surface area contributed by atoms with Gasteiger partial charge in [0.15, 0.2) is 0 Å². The first-order valence-corrected chi connectivity index (χ1v) is 8.46. The average molecular weight is 327 g/mol. The van der Waals surface area contributed by atoms with Gasteiger partial charge >= 0.3 is 0 Å². The molecule has 0 aliphatic carbocycles. The first-order chi connectivity index (χ1) is 11.6. The van der Waals surface area contributed by atoms with Crippen molar-refractivity contribution in [2.24, 2.45) is 0 Å². The molecule has 0 amide bonds. The molecule has 3 rings (SSSR count). The number of piperidine rings is 1. The summed E-state index contributed by atoms with van der Waals surface area (Å²) in [6.07, 6.45) is 4.04. The summed E-state index contributed by atoms with van der Waals surface area (Å²) in [5.74, 6) is 1.59. The zero-order valence-corrected chi connectivity index (χ0v) is 14.7. The van der Waals surface area contributed by atoms with Crippen LogP contribution in [0.25, 0.3) is 0 Å². The first-order valence-electron chi connectivity index (χ1n) is 8.46. The third kappa shape index (κ3) is 4.23. The molecule has 0 spiro atoms. The lowest BCUT2D eigenvalue weighted by Crippen LogP contribution is -2.38. The molecule has 0 unspecified atom stereocenters. The van der Waals surface area contributed by atoms with Crippen LogP contribution in [0.2, 0.25) is 0 Å². The number of rotatable bonds is 5. The molecule has 0 saturated carbocycles. The van der Waals surface area contributed by atoms with E-state index in [1.54, 1.807) is 13.3 Å². The van der Waals surface area contributed by atoms with Gasteiger partial charge in [0.1, 0.15) is 11.9 Å². The van der Waals surface area contributed by atoms with Crippen LogP contribution in [0.1, 0.15) is 29.8 Å². The van der Waals surface area contributed by atoms with E-state index in [-0.39, 0.29) is 6.10 Å². The maximum absolute atomic E-state index is 6.08. The van der Waals surface area contributed by atoms with Crippen molar-refractivity contribution >= 4 is 0 Å². The number of aromatic nitrogens is 2. The highest BCUT2D eigenvalue weighted by Crippen LogP contribution is 2.21. The number of likely N-dealkylation sites (tertiary alicyclic amines) is 1. The van der Waals surface area contributed by atoms with Gasteiger partial charge in [-0.15, -0.1) is 0 Å². The molecule has 5 heteroatoms. The number of aryl methyl sites for hydroxylation is 2. The number of methoxy groups -OCH3 is 1. The van der Waals surface area contributed by atoms with Crippen molar-refractivity contribution in [3.05, 3.63) is 47.4 Å². The fourth-order valence-corrected chi connectivity index (χ4v) is 2.96. The van der Waals surface area contributed by atoms with Crippen molar-refractivity contribution in [2.75, 3.05) is 20.2 Å². The number of benzene rings is 1. The van der Waals surface area contributed by atoms with E-state index in [1.165, 1.54) is 5.56 Å². The molecule has 2 heterocycles. The van der Waals surface area contributed by atoms with Crippen LogP contribution in [-0.4, -0.2) is 41.2 Å². The van der Waals surface area contributed by atoms with E-state index in [0.717, 1.165) is 49.6 Å². The zero-order valence-electron chi connectivity index (χ0n) is 14.7. The Morgan fingerprint density at radius 1 is 1.12 bits per heavy atom. The minimum Gasteiger partial charge on any atom is -0.497 e. The van der Waals surface area contributed by atoms with Crippen LogP contribution in [0.5, 0.6) is 11.6 Å². The highest BCUT2D eigenvalue weighted by atomic mass is 16.5. The Balaban J connectivity index is 1.51. The largest absolute Gasteiger partial charge is 0.497 e. The van der Waals surface area contributed by atoms with Crippen molar-refractivity contribution in [3.8, 4) is 11.6 Å². The standard InChI is InChI=1S/C19H25N3O2/c1-14-12-20-15(2)19(21-14)24-18-8-10-22(11-9-18)13-16-4-6-17(23-3)7-5-16/h4-7,12,18H,8-11,13H2,1-3H3. The van der Waals surface area contributed by atoms with Crippen molar-refractivity contribution in [1.82, 2.24) is 14.9 Å². The van der Waals surface area contributed by atoms with Gasteiger partial charge in [-0.05, 0) is 44.4 Å². The molecule has 1 aliphatic heterocycles. The molecule has 1 fully saturated rings. The fourth-order valence-electron chi connectivity index (χ4n) is 2.96. The van der Waals surface area contributed by atoms with Crippen molar-refractivity contribution in [1.29, 1.82) is 0 Å². The summed E-state index contributed by atoms with van der Waals surface area (Å²) in [7, 11) is 1.69. The minimum atomic E-state index is 0.229. The fraction of sp³-hybridized carbons (Fsp3) is 0.474. The lowest BCUT2D eigenvalue weighted by Gasteiger charge is -2.32. The molecular formula is C19H25N3O2. The molecule has 0 radical (unpaired) electrons. The average Bonchev–Trinajstić information content (AvgIpc) is 2.60. The van der Waals surface area contributed by atoms with Crippen molar-refractivity contribution in [2.45, 2.75) is 39.3 Å². The Hall–Kier alpha value is -2.14. The molecule has 1 aromatic carbocycles. The third-order valence-electron chi connectivity index (χ3n) is 4.41. The summed E-state index contributed by atoms with van der Waals surface area (Å²) in [6.45, 7) is 6.93. The van der Waals surface area contributed by atoms with Gasteiger partial charge in [-0.3, -0.25) is 9.88 Å². The first kappa shape index (κ1) is 16.7. The van der Waals surface area contributed by atoms with Gasteiger partial charge in [0.25, 0.3) is 0 Å². The van der Waals surface area contributed by atoms with Gasteiger partial charge in [0.2, 0.25) is 5.88 Å². The highest BCUT2D eigenvalue weighted by molar-refractivity contribution is 5.27. The van der Waals surface area contributed by atoms with Crippen molar-refractivity contribution in [3.63, 3.8) is 0 Å². The van der Waals surface area contributed by atoms with Crippen LogP contribution in [-0.2, 0) is 6.54 Å². The van der Waals surface area contributed by atoms with Crippen LogP contribution in [0.15, 0.2) is 30.5 Å². The second kappa shape index (κ2) is 7.62. The van der Waals surface area contributed by atoms with E-state index in [4.69, 9.17) is 9.47 Å². The molecule has 5 nitrogen and oxygen atoms in total. The number of nitrogens with zero attached hydrogens (tertiary/aromatic N) is 3. The lowest BCUT2D eigenvalue weighted by atomic mass is 10.1. The molecule has 0 bridgehead atoms. The summed E-state index contributed by atoms with van der Waals surface area (Å²) in [4.78, 5) is 11.2. The Morgan fingerprint density at radius 2 is 1.83 bits per heavy atom. The Kier molecular flexibility index (Phi) is 5.30. The zero-order chi connectivity index (χ0) is 16.9. The summed E-state index contributed by atoms with van der Waals surface area (Å²) < 4.78 is 11.3. The Morgan fingerprint density at radius 3 is 2.50 bits per heavy atom. The van der Waals surface area contributed by atoms with Crippen LogP contribution in [0.4, 0.5) is 0 Å². The third-order valence-corrected chi connectivity index (χ3v) is 4.41. The molecule has 1 aliphatic rings. The van der Waals surface area contributed by atoms with E-state index < -0.39 is 0 Å². The second-order valence-corrected chi connectivity index (χ2v) is 6.34. The molecule has 1 saturated heterocycles. The van der Waals surface area contributed by atoms with E-state index in [0.29, 0.717) is 5.88 Å². The summed E-state index contributed by atoms with van der Waals surface area (Å²) >= 11 is 0. The van der Waals surface area contributed by atoms with Crippen LogP contribution >= 0.6 is 0 Å². The molecule has 2 aromatic rings. The van der Waals surface area contributed by atoms with Crippen LogP contribution in [0.3, 0.4) is 0 Å². The second-order valence-electron chi connectivity index (χ2n) is 6.34. The molecule has 0 atom stereocenters. The number of ether oxygens (including phenoxy) is 2. The van der Waals surface area contributed by atoms with Crippen LogP contribution in [0, 0.1) is 13.8 Å². The van der Waals surface area contributed by atoms with Crippen molar-refractivity contribution < 1.29 is 9.47 Å². The molecule has 0 N–H and O–H groups in total. The molecular weight excluding hydrogens is 302 g/mol. The number of hydrogen-bond acceptors (Lipinski definition) is 5. The normalized spacial score (nSPS) is 16.1. The predicted octanol–water partition coefficient (Wildman–Crippen LogP) is 3.15. The van der Waals surface area contributed by atoms with E-state index in [2.05, 4.69) is 27.0 Å². The van der Waals surface area contributed by atoms with Gasteiger partial charge in [0.05, 0.1) is 18.5 Å². The minimum absolute atomic E-state index is 0.229. The van der Waals surface area contributed by atoms with E-state index in [1.807, 2.05) is 26.0 Å². The van der Waals surface area contributed by atoms with E-state index in [9.17, 15) is 0 Å². The van der Waals surface area contributed by atoms with Gasteiger partial charge < -0.3 is 9.47 Å². The van der Waals surface area contributed by atoms with Gasteiger partial charge in [0, 0.05) is 25.8 Å². The van der Waals surface area contributed by atoms with Crippen LogP contribution < -0.4 is 9.47 Å². The van der Waals surface area contributed by atoms with Gasteiger partial charge in [-0.25, -0.2) is 4.98 Å². The summed E-state index contributed by atoms with van der Waals surface area (Å²) in [5, 5.41) is 0. The molecule has 128 valence electrons.